The SMILES string of the molecule is CC(C)CCc1nnnn1C(C)C(=O)O. The van der Waals surface area contributed by atoms with Crippen LogP contribution in [-0.4, -0.2) is 31.3 Å². The second-order valence-electron chi connectivity index (χ2n) is 3.99. The minimum Gasteiger partial charge on any atom is -0.480 e. The summed E-state index contributed by atoms with van der Waals surface area (Å²) in [6, 6.07) is -0.706. The Morgan fingerprint density at radius 3 is 2.67 bits per heavy atom. The monoisotopic (exact) mass is 212 g/mol. The Bertz CT molecular complexity index is 335. The Morgan fingerprint density at radius 2 is 2.13 bits per heavy atom. The lowest BCUT2D eigenvalue weighted by Gasteiger charge is -2.09. The summed E-state index contributed by atoms with van der Waals surface area (Å²) in [6.45, 7) is 5.78. The van der Waals surface area contributed by atoms with E-state index in [1.165, 1.54) is 4.68 Å². The molecule has 1 N–H and O–H groups in total. The van der Waals surface area contributed by atoms with Crippen molar-refractivity contribution in [2.24, 2.45) is 5.92 Å². The number of rotatable bonds is 5. The molecule has 1 atom stereocenters. The molecular weight excluding hydrogens is 196 g/mol. The fraction of sp³-hybridized carbons (Fsp3) is 0.778. The zero-order valence-corrected chi connectivity index (χ0v) is 9.21. The Balaban J connectivity index is 2.73. The molecule has 1 aromatic heterocycles. The lowest BCUT2D eigenvalue weighted by molar-refractivity contribution is -0.140. The van der Waals surface area contributed by atoms with Crippen molar-refractivity contribution in [1.82, 2.24) is 20.2 Å². The van der Waals surface area contributed by atoms with Gasteiger partial charge in [0.15, 0.2) is 5.82 Å². The van der Waals surface area contributed by atoms with E-state index in [1.807, 2.05) is 0 Å². The van der Waals surface area contributed by atoms with Crippen LogP contribution in [0.5, 0.6) is 0 Å². The molecule has 0 radical (unpaired) electrons. The van der Waals surface area contributed by atoms with E-state index in [1.54, 1.807) is 6.92 Å². The molecule has 0 aliphatic carbocycles. The van der Waals surface area contributed by atoms with Crippen LogP contribution < -0.4 is 0 Å². The second kappa shape index (κ2) is 4.86. The van der Waals surface area contributed by atoms with Crippen LogP contribution in [0, 0.1) is 5.92 Å². The lowest BCUT2D eigenvalue weighted by Crippen LogP contribution is -2.19. The van der Waals surface area contributed by atoms with Gasteiger partial charge in [-0.3, -0.25) is 0 Å². The molecule has 6 nitrogen and oxygen atoms in total. The highest BCUT2D eigenvalue weighted by molar-refractivity contribution is 5.71. The van der Waals surface area contributed by atoms with Crippen LogP contribution in [0.15, 0.2) is 0 Å². The third-order valence-electron chi connectivity index (χ3n) is 2.23. The number of carboxylic acid groups (broad SMARTS) is 1. The predicted molar refractivity (Wildman–Crippen MR) is 53.3 cm³/mol. The molecule has 15 heavy (non-hydrogen) atoms. The molecular formula is C9H16N4O2. The van der Waals surface area contributed by atoms with Gasteiger partial charge in [-0.05, 0) is 29.7 Å². The highest BCUT2D eigenvalue weighted by Gasteiger charge is 2.18. The van der Waals surface area contributed by atoms with Gasteiger partial charge in [-0.15, -0.1) is 5.10 Å². The van der Waals surface area contributed by atoms with Crippen LogP contribution in [0.3, 0.4) is 0 Å². The van der Waals surface area contributed by atoms with E-state index < -0.39 is 12.0 Å². The van der Waals surface area contributed by atoms with Crippen LogP contribution in [0.4, 0.5) is 0 Å². The molecule has 1 heterocycles. The summed E-state index contributed by atoms with van der Waals surface area (Å²) in [5, 5.41) is 19.9. The fourth-order valence-corrected chi connectivity index (χ4v) is 1.20. The minimum absolute atomic E-state index is 0.551. The maximum Gasteiger partial charge on any atom is 0.328 e. The van der Waals surface area contributed by atoms with Crippen molar-refractivity contribution in [3.8, 4) is 0 Å². The van der Waals surface area contributed by atoms with Crippen LogP contribution in [0.2, 0.25) is 0 Å². The Kier molecular flexibility index (Phi) is 3.76. The van der Waals surface area contributed by atoms with Gasteiger partial charge in [-0.2, -0.15) is 0 Å². The van der Waals surface area contributed by atoms with Gasteiger partial charge in [-0.25, -0.2) is 9.48 Å². The van der Waals surface area contributed by atoms with Crippen LogP contribution in [0.1, 0.15) is 39.1 Å². The molecule has 1 unspecified atom stereocenters. The smallest absolute Gasteiger partial charge is 0.328 e. The molecule has 0 aliphatic rings. The van der Waals surface area contributed by atoms with Gasteiger partial charge >= 0.3 is 5.97 Å². The molecule has 1 aromatic rings. The first-order chi connectivity index (χ1) is 7.02. The predicted octanol–water partition coefficient (Wildman–Crippen LogP) is 0.907. The summed E-state index contributed by atoms with van der Waals surface area (Å²) < 4.78 is 1.37. The van der Waals surface area contributed by atoms with Gasteiger partial charge in [0.25, 0.3) is 0 Å². The molecule has 1 rings (SSSR count). The number of carbonyl (C=O) groups is 1. The van der Waals surface area contributed by atoms with Gasteiger partial charge in [-0.1, -0.05) is 13.8 Å². The van der Waals surface area contributed by atoms with E-state index in [2.05, 4.69) is 29.4 Å². The van der Waals surface area contributed by atoms with Crippen LogP contribution >= 0.6 is 0 Å². The van der Waals surface area contributed by atoms with Crippen molar-refractivity contribution in [3.63, 3.8) is 0 Å². The molecule has 0 saturated heterocycles. The largest absolute Gasteiger partial charge is 0.480 e. The van der Waals surface area contributed by atoms with Crippen molar-refractivity contribution in [3.05, 3.63) is 5.82 Å². The quantitative estimate of drug-likeness (QED) is 0.784. The summed E-state index contributed by atoms with van der Waals surface area (Å²) >= 11 is 0. The molecule has 0 saturated carbocycles. The Morgan fingerprint density at radius 1 is 1.47 bits per heavy atom. The first-order valence-corrected chi connectivity index (χ1v) is 5.02. The topological polar surface area (TPSA) is 80.9 Å². The minimum atomic E-state index is -0.923. The third-order valence-corrected chi connectivity index (χ3v) is 2.23. The van der Waals surface area contributed by atoms with Gasteiger partial charge in [0, 0.05) is 6.42 Å². The maximum atomic E-state index is 10.8. The number of aliphatic carboxylic acids is 1. The van der Waals surface area contributed by atoms with Gasteiger partial charge in [0.2, 0.25) is 0 Å². The molecule has 0 aromatic carbocycles. The van der Waals surface area contributed by atoms with Crippen molar-refractivity contribution in [2.45, 2.75) is 39.7 Å². The standard InChI is InChI=1S/C9H16N4O2/c1-6(2)4-5-8-10-11-12-13(8)7(3)9(14)15/h6-7H,4-5H2,1-3H3,(H,14,15). The molecule has 84 valence electrons. The average molecular weight is 212 g/mol. The van der Waals surface area contributed by atoms with Gasteiger partial charge < -0.3 is 5.11 Å². The summed E-state index contributed by atoms with van der Waals surface area (Å²) in [4.78, 5) is 10.8. The highest BCUT2D eigenvalue weighted by atomic mass is 16.4. The number of carboxylic acids is 1. The Hall–Kier alpha value is -1.46. The number of hydrogen-bond donors (Lipinski definition) is 1. The fourth-order valence-electron chi connectivity index (χ4n) is 1.20. The lowest BCUT2D eigenvalue weighted by atomic mass is 10.1. The number of aromatic nitrogens is 4. The number of aryl methyl sites for hydroxylation is 1. The zero-order valence-electron chi connectivity index (χ0n) is 9.21. The summed E-state index contributed by atoms with van der Waals surface area (Å²) in [5.74, 6) is 0.266. The van der Waals surface area contributed by atoms with Crippen LogP contribution in [0.25, 0.3) is 0 Å². The van der Waals surface area contributed by atoms with E-state index in [9.17, 15) is 4.79 Å². The number of tetrazole rings is 1. The van der Waals surface area contributed by atoms with Crippen molar-refractivity contribution < 1.29 is 9.90 Å². The number of hydrogen-bond acceptors (Lipinski definition) is 4. The highest BCUT2D eigenvalue weighted by Crippen LogP contribution is 2.10. The van der Waals surface area contributed by atoms with Crippen molar-refractivity contribution in [1.29, 1.82) is 0 Å². The van der Waals surface area contributed by atoms with Crippen molar-refractivity contribution in [2.75, 3.05) is 0 Å². The normalized spacial score (nSPS) is 13.1. The van der Waals surface area contributed by atoms with Crippen LogP contribution in [-0.2, 0) is 11.2 Å². The molecule has 0 fully saturated rings. The molecule has 0 spiro atoms. The Labute approximate surface area is 88.3 Å². The first kappa shape index (κ1) is 11.6. The van der Waals surface area contributed by atoms with Crippen molar-refractivity contribution >= 4 is 5.97 Å². The molecule has 0 aliphatic heterocycles. The van der Waals surface area contributed by atoms with E-state index in [-0.39, 0.29) is 0 Å². The summed E-state index contributed by atoms with van der Waals surface area (Å²) in [6.07, 6.45) is 1.66. The first-order valence-electron chi connectivity index (χ1n) is 5.02. The molecule has 0 bridgehead atoms. The van der Waals surface area contributed by atoms with Gasteiger partial charge in [0.1, 0.15) is 6.04 Å². The molecule has 6 heteroatoms. The second-order valence-corrected chi connectivity index (χ2v) is 3.99. The van der Waals surface area contributed by atoms with Gasteiger partial charge in [0.05, 0.1) is 0 Å². The average Bonchev–Trinajstić information content (AvgIpc) is 2.60. The summed E-state index contributed by atoms with van der Waals surface area (Å²) in [5.41, 5.74) is 0. The van der Waals surface area contributed by atoms with E-state index in [0.29, 0.717) is 18.2 Å². The molecule has 0 amide bonds. The third kappa shape index (κ3) is 3.00. The maximum absolute atomic E-state index is 10.8. The van der Waals surface area contributed by atoms with E-state index in [0.717, 1.165) is 6.42 Å². The summed E-state index contributed by atoms with van der Waals surface area (Å²) in [7, 11) is 0. The number of nitrogens with zero attached hydrogens (tertiary/aromatic N) is 4. The zero-order chi connectivity index (χ0) is 11.4. The van der Waals surface area contributed by atoms with E-state index in [4.69, 9.17) is 5.11 Å². The van der Waals surface area contributed by atoms with E-state index >= 15 is 0 Å².